The second kappa shape index (κ2) is 7.11. The monoisotopic (exact) mass is 354 g/mol. The summed E-state index contributed by atoms with van der Waals surface area (Å²) in [5, 5.41) is 0.588. The Labute approximate surface area is 152 Å². The number of nitrogens with zero attached hydrogens (tertiary/aromatic N) is 2. The molecule has 0 bridgehead atoms. The third kappa shape index (κ3) is 3.05. The van der Waals surface area contributed by atoms with E-state index < -0.39 is 0 Å². The van der Waals surface area contributed by atoms with Crippen LogP contribution in [-0.2, 0) is 9.59 Å². The summed E-state index contributed by atoms with van der Waals surface area (Å²) in [5.74, 6) is -0.526. The molecule has 0 spiro atoms. The fraction of sp³-hybridized carbons (Fsp3) is 0.200. The lowest BCUT2D eigenvalue weighted by atomic mass is 10.0. The molecular formula is C20H19ClN2O2. The van der Waals surface area contributed by atoms with Crippen LogP contribution >= 0.6 is 11.6 Å². The minimum absolute atomic E-state index is 0.261. The number of imide groups is 1. The molecule has 0 atom stereocenters. The lowest BCUT2D eigenvalue weighted by Gasteiger charge is -2.24. The first-order chi connectivity index (χ1) is 12.1. The lowest BCUT2D eigenvalue weighted by Crippen LogP contribution is -2.35. The predicted molar refractivity (Wildman–Crippen MR) is 100 cm³/mol. The molecule has 0 unspecified atom stereocenters. The number of rotatable bonds is 5. The van der Waals surface area contributed by atoms with E-state index in [2.05, 4.69) is 0 Å². The quantitative estimate of drug-likeness (QED) is 0.763. The maximum atomic E-state index is 13.0. The summed E-state index contributed by atoms with van der Waals surface area (Å²) in [6.07, 6.45) is 0. The van der Waals surface area contributed by atoms with Crippen LogP contribution in [0.3, 0.4) is 0 Å². The van der Waals surface area contributed by atoms with Crippen molar-refractivity contribution in [1.82, 2.24) is 4.90 Å². The third-order valence-electron chi connectivity index (χ3n) is 4.25. The van der Waals surface area contributed by atoms with Crippen molar-refractivity contribution in [2.24, 2.45) is 0 Å². The van der Waals surface area contributed by atoms with Crippen LogP contribution in [0.15, 0.2) is 60.3 Å². The Morgan fingerprint density at radius 1 is 0.920 bits per heavy atom. The lowest BCUT2D eigenvalue weighted by molar-refractivity contribution is -0.136. The molecule has 2 aromatic rings. The molecule has 5 heteroatoms. The SMILES string of the molecule is CCN1C(=O)C(c2ccc(Cl)cc2)=C(N(CC)c2ccccc2)C1=O. The Kier molecular flexibility index (Phi) is 4.91. The Bertz CT molecular complexity index is 829. The molecule has 0 N–H and O–H groups in total. The second-order valence-corrected chi connectivity index (χ2v) is 6.10. The summed E-state index contributed by atoms with van der Waals surface area (Å²) < 4.78 is 0. The maximum absolute atomic E-state index is 13.0. The number of carbonyl (C=O) groups is 2. The second-order valence-electron chi connectivity index (χ2n) is 5.66. The van der Waals surface area contributed by atoms with Crippen LogP contribution in [0, 0.1) is 0 Å². The van der Waals surface area contributed by atoms with Crippen LogP contribution in [0.1, 0.15) is 19.4 Å². The normalized spacial score (nSPS) is 14.4. The van der Waals surface area contributed by atoms with Gasteiger partial charge in [-0.05, 0) is 43.7 Å². The largest absolute Gasteiger partial charge is 0.337 e. The van der Waals surface area contributed by atoms with Crippen LogP contribution in [-0.4, -0.2) is 29.8 Å². The zero-order valence-corrected chi connectivity index (χ0v) is 15.0. The molecule has 128 valence electrons. The summed E-state index contributed by atoms with van der Waals surface area (Å²) in [7, 11) is 0. The van der Waals surface area contributed by atoms with Gasteiger partial charge >= 0.3 is 0 Å². The number of para-hydroxylation sites is 1. The van der Waals surface area contributed by atoms with Crippen LogP contribution in [0.25, 0.3) is 5.57 Å². The first-order valence-corrected chi connectivity index (χ1v) is 8.65. The van der Waals surface area contributed by atoms with Gasteiger partial charge in [0.1, 0.15) is 5.70 Å². The van der Waals surface area contributed by atoms with Crippen molar-refractivity contribution >= 4 is 34.7 Å². The molecule has 0 saturated heterocycles. The molecule has 25 heavy (non-hydrogen) atoms. The molecule has 1 aliphatic heterocycles. The molecule has 4 nitrogen and oxygen atoms in total. The third-order valence-corrected chi connectivity index (χ3v) is 4.50. The number of carbonyl (C=O) groups excluding carboxylic acids is 2. The van der Waals surface area contributed by atoms with Crippen molar-refractivity contribution in [2.45, 2.75) is 13.8 Å². The van der Waals surface area contributed by atoms with Crippen LogP contribution in [0.5, 0.6) is 0 Å². The Hall–Kier alpha value is -2.59. The summed E-state index contributed by atoms with van der Waals surface area (Å²) in [6, 6.07) is 16.6. The minimum Gasteiger partial charge on any atom is -0.337 e. The van der Waals surface area contributed by atoms with Crippen molar-refractivity contribution < 1.29 is 9.59 Å². The van der Waals surface area contributed by atoms with E-state index in [0.717, 1.165) is 5.69 Å². The molecule has 3 rings (SSSR count). The van der Waals surface area contributed by atoms with Gasteiger partial charge in [0.05, 0.1) is 5.57 Å². The molecule has 2 amide bonds. The summed E-state index contributed by atoms with van der Waals surface area (Å²) in [5.41, 5.74) is 2.42. The maximum Gasteiger partial charge on any atom is 0.278 e. The summed E-state index contributed by atoms with van der Waals surface area (Å²) in [6.45, 7) is 4.68. The summed E-state index contributed by atoms with van der Waals surface area (Å²) in [4.78, 5) is 29.0. The van der Waals surface area contributed by atoms with E-state index in [1.54, 1.807) is 31.2 Å². The number of anilines is 1. The van der Waals surface area contributed by atoms with E-state index in [-0.39, 0.29) is 11.8 Å². The predicted octanol–water partition coefficient (Wildman–Crippen LogP) is 3.97. The minimum atomic E-state index is -0.265. The van der Waals surface area contributed by atoms with Crippen molar-refractivity contribution in [3.8, 4) is 0 Å². The van der Waals surface area contributed by atoms with Gasteiger partial charge < -0.3 is 4.90 Å². The van der Waals surface area contributed by atoms with E-state index in [0.29, 0.717) is 34.9 Å². The highest BCUT2D eigenvalue weighted by Crippen LogP contribution is 2.34. The van der Waals surface area contributed by atoms with Gasteiger partial charge in [-0.2, -0.15) is 0 Å². The van der Waals surface area contributed by atoms with E-state index in [1.807, 2.05) is 42.2 Å². The van der Waals surface area contributed by atoms with Crippen molar-refractivity contribution in [1.29, 1.82) is 0 Å². The number of benzene rings is 2. The topological polar surface area (TPSA) is 40.6 Å². The van der Waals surface area contributed by atoms with Gasteiger partial charge in [0.15, 0.2) is 0 Å². The van der Waals surface area contributed by atoms with E-state index in [1.165, 1.54) is 4.90 Å². The molecule has 2 aromatic carbocycles. The van der Waals surface area contributed by atoms with Gasteiger partial charge in [0.25, 0.3) is 11.8 Å². The first-order valence-electron chi connectivity index (χ1n) is 8.27. The van der Waals surface area contributed by atoms with Crippen molar-refractivity contribution in [3.05, 3.63) is 70.9 Å². The zero-order chi connectivity index (χ0) is 18.0. The highest BCUT2D eigenvalue weighted by molar-refractivity contribution is 6.37. The Balaban J connectivity index is 2.20. The van der Waals surface area contributed by atoms with Gasteiger partial charge in [-0.3, -0.25) is 14.5 Å². The number of hydrogen-bond acceptors (Lipinski definition) is 3. The zero-order valence-electron chi connectivity index (χ0n) is 14.2. The van der Waals surface area contributed by atoms with E-state index in [4.69, 9.17) is 11.6 Å². The number of likely N-dealkylation sites (N-methyl/N-ethyl adjacent to an activating group) is 2. The molecule has 1 aliphatic rings. The molecule has 0 fully saturated rings. The summed E-state index contributed by atoms with van der Waals surface area (Å²) >= 11 is 5.97. The fourth-order valence-corrected chi connectivity index (χ4v) is 3.18. The van der Waals surface area contributed by atoms with Crippen LogP contribution in [0.4, 0.5) is 5.69 Å². The van der Waals surface area contributed by atoms with Gasteiger partial charge in [0.2, 0.25) is 0 Å². The van der Waals surface area contributed by atoms with Crippen LogP contribution < -0.4 is 4.90 Å². The molecule has 0 saturated carbocycles. The van der Waals surface area contributed by atoms with E-state index >= 15 is 0 Å². The van der Waals surface area contributed by atoms with Gasteiger partial charge in [-0.1, -0.05) is 41.9 Å². The Morgan fingerprint density at radius 3 is 2.12 bits per heavy atom. The number of amides is 2. The molecule has 0 aliphatic carbocycles. The molecule has 0 radical (unpaired) electrons. The van der Waals surface area contributed by atoms with Crippen LogP contribution in [0.2, 0.25) is 5.02 Å². The average molecular weight is 355 g/mol. The number of hydrogen-bond donors (Lipinski definition) is 0. The highest BCUT2D eigenvalue weighted by Gasteiger charge is 2.40. The standard InChI is InChI=1S/C20H19ClN2O2/c1-3-22(16-8-6-5-7-9-16)18-17(14-10-12-15(21)13-11-14)19(24)23(4-2)20(18)25/h5-13H,3-4H2,1-2H3. The Morgan fingerprint density at radius 2 is 1.56 bits per heavy atom. The van der Waals surface area contributed by atoms with E-state index in [9.17, 15) is 9.59 Å². The number of halogens is 1. The molecular weight excluding hydrogens is 336 g/mol. The average Bonchev–Trinajstić information content (AvgIpc) is 2.88. The first kappa shape index (κ1) is 17.2. The van der Waals surface area contributed by atoms with Crippen molar-refractivity contribution in [2.75, 3.05) is 18.0 Å². The molecule has 1 heterocycles. The van der Waals surface area contributed by atoms with Crippen molar-refractivity contribution in [3.63, 3.8) is 0 Å². The smallest absolute Gasteiger partial charge is 0.278 e. The van der Waals surface area contributed by atoms with Gasteiger partial charge in [0, 0.05) is 23.8 Å². The van der Waals surface area contributed by atoms with Gasteiger partial charge in [-0.25, -0.2) is 0 Å². The van der Waals surface area contributed by atoms with Gasteiger partial charge in [-0.15, -0.1) is 0 Å². The molecule has 0 aromatic heterocycles. The highest BCUT2D eigenvalue weighted by atomic mass is 35.5. The fourth-order valence-electron chi connectivity index (χ4n) is 3.06.